The first kappa shape index (κ1) is 13.7. The Morgan fingerprint density at radius 3 is 2.81 bits per heavy atom. The van der Waals surface area contributed by atoms with E-state index in [0.717, 1.165) is 5.69 Å². The predicted octanol–water partition coefficient (Wildman–Crippen LogP) is 2.75. The van der Waals surface area contributed by atoms with E-state index in [4.69, 9.17) is 9.15 Å². The predicted molar refractivity (Wildman–Crippen MR) is 75.2 cm³/mol. The average Bonchev–Trinajstić information content (AvgIpc) is 3.14. The number of carbonyl (C=O) groups excluding carboxylic acids is 2. The minimum Gasteiger partial charge on any atom is -0.472 e. The molecule has 5 heteroatoms. The van der Waals surface area contributed by atoms with Gasteiger partial charge in [0.05, 0.1) is 29.5 Å². The van der Waals surface area contributed by atoms with Gasteiger partial charge in [0.1, 0.15) is 6.26 Å². The molecule has 5 nitrogen and oxygen atoms in total. The summed E-state index contributed by atoms with van der Waals surface area (Å²) in [5.74, 6) is -0.588. The zero-order valence-corrected chi connectivity index (χ0v) is 12.0. The van der Waals surface area contributed by atoms with Crippen LogP contribution in [0.5, 0.6) is 0 Å². The first-order valence-corrected chi connectivity index (χ1v) is 7.04. The largest absolute Gasteiger partial charge is 0.472 e. The Morgan fingerprint density at radius 2 is 2.14 bits per heavy atom. The molecule has 0 aliphatic carbocycles. The number of ketones is 1. The van der Waals surface area contributed by atoms with Crippen LogP contribution in [0.3, 0.4) is 0 Å². The van der Waals surface area contributed by atoms with Gasteiger partial charge in [-0.1, -0.05) is 0 Å². The number of ether oxygens (including phenoxy) is 1. The van der Waals surface area contributed by atoms with E-state index < -0.39 is 0 Å². The molecule has 0 aromatic carbocycles. The number of furan rings is 1. The van der Waals surface area contributed by atoms with Crippen molar-refractivity contribution in [2.75, 3.05) is 0 Å². The Kier molecular flexibility index (Phi) is 3.41. The maximum absolute atomic E-state index is 12.4. The first-order valence-electron chi connectivity index (χ1n) is 7.04. The summed E-state index contributed by atoms with van der Waals surface area (Å²) < 4.78 is 12.1. The number of aromatic nitrogens is 1. The zero-order chi connectivity index (χ0) is 15.0. The Labute approximate surface area is 122 Å². The quantitative estimate of drug-likeness (QED) is 0.641. The summed E-state index contributed by atoms with van der Waals surface area (Å²) in [7, 11) is 0. The summed E-state index contributed by atoms with van der Waals surface area (Å²) >= 11 is 0. The summed E-state index contributed by atoms with van der Waals surface area (Å²) in [5.41, 5.74) is 1.96. The van der Waals surface area contributed by atoms with E-state index in [1.807, 2.05) is 24.5 Å². The second kappa shape index (κ2) is 5.24. The van der Waals surface area contributed by atoms with Gasteiger partial charge >= 0.3 is 5.97 Å². The average molecular weight is 287 g/mol. The maximum atomic E-state index is 12.4. The van der Waals surface area contributed by atoms with Crippen LogP contribution in [0.25, 0.3) is 0 Å². The van der Waals surface area contributed by atoms with E-state index in [2.05, 4.69) is 0 Å². The third-order valence-electron chi connectivity index (χ3n) is 3.67. The van der Waals surface area contributed by atoms with Crippen molar-refractivity contribution in [3.63, 3.8) is 0 Å². The van der Waals surface area contributed by atoms with Crippen molar-refractivity contribution in [2.45, 2.75) is 38.8 Å². The van der Waals surface area contributed by atoms with Gasteiger partial charge in [-0.15, -0.1) is 0 Å². The smallest absolute Gasteiger partial charge is 0.315 e. The maximum Gasteiger partial charge on any atom is 0.315 e. The number of hydrogen-bond donors (Lipinski definition) is 0. The molecular formula is C16H17NO4. The lowest BCUT2D eigenvalue weighted by Crippen LogP contribution is -2.18. The Morgan fingerprint density at radius 1 is 1.33 bits per heavy atom. The number of hydrogen-bond acceptors (Lipinski definition) is 4. The van der Waals surface area contributed by atoms with E-state index in [0.29, 0.717) is 24.2 Å². The van der Waals surface area contributed by atoms with Crippen LogP contribution in [0.15, 0.2) is 35.1 Å². The Bertz CT molecular complexity index is 667. The van der Waals surface area contributed by atoms with Gasteiger partial charge in [0, 0.05) is 12.2 Å². The highest BCUT2D eigenvalue weighted by molar-refractivity contribution is 6.08. The summed E-state index contributed by atoms with van der Waals surface area (Å²) in [6.45, 7) is 4.32. The lowest BCUT2D eigenvalue weighted by atomic mass is 10.1. The molecular weight excluding hydrogens is 270 g/mol. The van der Waals surface area contributed by atoms with Crippen molar-refractivity contribution in [1.82, 2.24) is 4.57 Å². The summed E-state index contributed by atoms with van der Waals surface area (Å²) in [4.78, 5) is 24.5. The Hall–Kier alpha value is -2.30. The molecule has 3 rings (SSSR count). The summed E-state index contributed by atoms with van der Waals surface area (Å²) in [5, 5.41) is 0. The highest BCUT2D eigenvalue weighted by Crippen LogP contribution is 2.32. The third kappa shape index (κ3) is 2.39. The van der Waals surface area contributed by atoms with Crippen LogP contribution in [-0.2, 0) is 16.1 Å². The molecule has 1 unspecified atom stereocenters. The van der Waals surface area contributed by atoms with E-state index in [9.17, 15) is 9.59 Å². The van der Waals surface area contributed by atoms with E-state index in [1.54, 1.807) is 12.1 Å². The molecule has 110 valence electrons. The monoisotopic (exact) mass is 287 g/mol. The molecule has 2 aromatic heterocycles. The Balaban J connectivity index is 1.87. The molecule has 0 fully saturated rings. The van der Waals surface area contributed by atoms with Gasteiger partial charge in [-0.05, 0) is 38.5 Å². The molecule has 0 N–H and O–H groups in total. The van der Waals surface area contributed by atoms with Crippen molar-refractivity contribution in [2.24, 2.45) is 0 Å². The van der Waals surface area contributed by atoms with Gasteiger partial charge in [0.25, 0.3) is 0 Å². The van der Waals surface area contributed by atoms with Gasteiger partial charge in [-0.3, -0.25) is 9.59 Å². The topological polar surface area (TPSA) is 61.4 Å². The standard InChI is InChI=1S/C16H17NO4/c1-10(2)21-16(19)12-5-7-17-13(12)3-4-14(17)15(18)11-6-8-20-9-11/h3-4,6,8-10,12H,5,7H2,1-2H3. The molecule has 0 bridgehead atoms. The van der Waals surface area contributed by atoms with Crippen LogP contribution >= 0.6 is 0 Å². The van der Waals surface area contributed by atoms with Crippen LogP contribution in [0, 0.1) is 0 Å². The number of carbonyl (C=O) groups is 2. The van der Waals surface area contributed by atoms with E-state index >= 15 is 0 Å². The molecule has 1 atom stereocenters. The van der Waals surface area contributed by atoms with Gasteiger partial charge in [0.15, 0.2) is 0 Å². The van der Waals surface area contributed by atoms with Crippen LogP contribution in [0.1, 0.15) is 47.9 Å². The second-order valence-corrected chi connectivity index (χ2v) is 5.46. The summed E-state index contributed by atoms with van der Waals surface area (Å²) in [6, 6.07) is 5.24. The van der Waals surface area contributed by atoms with Crippen molar-refractivity contribution in [3.8, 4) is 0 Å². The fourth-order valence-corrected chi connectivity index (χ4v) is 2.74. The van der Waals surface area contributed by atoms with Crippen molar-refractivity contribution in [3.05, 3.63) is 47.7 Å². The van der Waals surface area contributed by atoms with E-state index in [-0.39, 0.29) is 23.8 Å². The van der Waals surface area contributed by atoms with Crippen LogP contribution in [0.2, 0.25) is 0 Å². The molecule has 0 saturated heterocycles. The van der Waals surface area contributed by atoms with Crippen molar-refractivity contribution in [1.29, 1.82) is 0 Å². The second-order valence-electron chi connectivity index (χ2n) is 5.46. The lowest BCUT2D eigenvalue weighted by molar-refractivity contribution is -0.149. The highest BCUT2D eigenvalue weighted by atomic mass is 16.5. The first-order chi connectivity index (χ1) is 10.1. The fraction of sp³-hybridized carbons (Fsp3) is 0.375. The van der Waals surface area contributed by atoms with Crippen molar-refractivity contribution < 1.29 is 18.7 Å². The minimum absolute atomic E-state index is 0.0899. The minimum atomic E-state index is -0.279. The van der Waals surface area contributed by atoms with Gasteiger partial charge in [0.2, 0.25) is 5.78 Å². The number of fused-ring (bicyclic) bond motifs is 1. The lowest BCUT2D eigenvalue weighted by Gasteiger charge is -2.12. The van der Waals surface area contributed by atoms with Gasteiger partial charge in [-0.2, -0.15) is 0 Å². The summed E-state index contributed by atoms with van der Waals surface area (Å²) in [6.07, 6.45) is 3.45. The third-order valence-corrected chi connectivity index (χ3v) is 3.67. The molecule has 0 saturated carbocycles. The fourth-order valence-electron chi connectivity index (χ4n) is 2.74. The molecule has 1 aliphatic heterocycles. The van der Waals surface area contributed by atoms with Crippen molar-refractivity contribution >= 4 is 11.8 Å². The molecule has 0 amide bonds. The molecule has 3 heterocycles. The van der Waals surface area contributed by atoms with Crippen LogP contribution < -0.4 is 0 Å². The molecule has 21 heavy (non-hydrogen) atoms. The molecule has 0 spiro atoms. The van der Waals surface area contributed by atoms with Gasteiger partial charge in [-0.25, -0.2) is 0 Å². The number of esters is 1. The zero-order valence-electron chi connectivity index (χ0n) is 12.0. The SMILES string of the molecule is CC(C)OC(=O)C1CCn2c(C(=O)c3ccoc3)ccc21. The highest BCUT2D eigenvalue weighted by Gasteiger charge is 2.33. The number of nitrogens with zero attached hydrogens (tertiary/aromatic N) is 1. The molecule has 1 aliphatic rings. The van der Waals surface area contributed by atoms with Crippen LogP contribution in [-0.4, -0.2) is 22.4 Å². The van der Waals surface area contributed by atoms with Crippen LogP contribution in [0.4, 0.5) is 0 Å². The van der Waals surface area contributed by atoms with Gasteiger partial charge < -0.3 is 13.7 Å². The number of rotatable bonds is 4. The van der Waals surface area contributed by atoms with E-state index in [1.165, 1.54) is 12.5 Å². The molecule has 0 radical (unpaired) electrons. The molecule has 2 aromatic rings. The normalized spacial score (nSPS) is 17.0.